The minimum atomic E-state index is -0.235. The van der Waals surface area contributed by atoms with Gasteiger partial charge < -0.3 is 14.5 Å². The van der Waals surface area contributed by atoms with Crippen LogP contribution in [0, 0.1) is 5.82 Å². The van der Waals surface area contributed by atoms with Gasteiger partial charge >= 0.3 is 0 Å². The van der Waals surface area contributed by atoms with Gasteiger partial charge in [0.05, 0.1) is 11.7 Å². The van der Waals surface area contributed by atoms with Gasteiger partial charge in [-0.25, -0.2) is 9.37 Å². The van der Waals surface area contributed by atoms with E-state index >= 15 is 0 Å². The summed E-state index contributed by atoms with van der Waals surface area (Å²) in [6, 6.07) is 23.3. The van der Waals surface area contributed by atoms with Crippen LogP contribution in [0.2, 0.25) is 0 Å². The molecule has 39 heavy (non-hydrogen) atoms. The van der Waals surface area contributed by atoms with Crippen molar-refractivity contribution in [3.05, 3.63) is 101 Å². The molecule has 1 aliphatic rings. The van der Waals surface area contributed by atoms with Crippen LogP contribution in [0.1, 0.15) is 23.5 Å². The topological polar surface area (TPSA) is 48.9 Å². The van der Waals surface area contributed by atoms with E-state index in [4.69, 9.17) is 4.74 Å². The number of hydrogen-bond donors (Lipinski definition) is 0. The molecule has 0 N–H and O–H groups in total. The molecule has 1 fully saturated rings. The third-order valence-corrected chi connectivity index (χ3v) is 8.18. The summed E-state index contributed by atoms with van der Waals surface area (Å²) in [4.78, 5) is 23.6. The van der Waals surface area contributed by atoms with Crippen molar-refractivity contribution >= 4 is 22.9 Å². The number of piperazine rings is 1. The van der Waals surface area contributed by atoms with E-state index in [1.54, 1.807) is 28.4 Å². The Kier molecular flexibility index (Phi) is 8.54. The largest absolute Gasteiger partial charge is 0.483 e. The van der Waals surface area contributed by atoms with Crippen molar-refractivity contribution in [3.8, 4) is 16.9 Å². The zero-order valence-electron chi connectivity index (χ0n) is 22.3. The maximum Gasteiger partial charge on any atom is 0.260 e. The second-order valence-corrected chi connectivity index (χ2v) is 10.7. The molecule has 0 radical (unpaired) electrons. The van der Waals surface area contributed by atoms with Gasteiger partial charge in [0, 0.05) is 49.9 Å². The number of anilines is 1. The van der Waals surface area contributed by atoms with E-state index < -0.39 is 0 Å². The molecular weight excluding hydrogens is 511 g/mol. The lowest BCUT2D eigenvalue weighted by molar-refractivity contribution is -0.133. The Bertz CT molecular complexity index is 1370. The van der Waals surface area contributed by atoms with Crippen molar-refractivity contribution in [1.82, 2.24) is 14.8 Å². The van der Waals surface area contributed by atoms with E-state index in [0.29, 0.717) is 44.2 Å². The smallest absolute Gasteiger partial charge is 0.260 e. The Labute approximate surface area is 233 Å². The SMILES string of the molecule is C[C@@H](c1nccs1)N(C)Cc1cc(-c2ccccc2)ccc1OCC(=O)N1CCN(c2ccccc2F)CC1. The molecule has 6 nitrogen and oxygen atoms in total. The number of hydrogen-bond acceptors (Lipinski definition) is 6. The minimum Gasteiger partial charge on any atom is -0.483 e. The maximum atomic E-state index is 14.2. The number of ether oxygens (including phenoxy) is 1. The molecule has 202 valence electrons. The summed E-state index contributed by atoms with van der Waals surface area (Å²) in [6.07, 6.45) is 1.83. The van der Waals surface area contributed by atoms with Crippen molar-refractivity contribution in [2.75, 3.05) is 44.7 Å². The predicted molar refractivity (Wildman–Crippen MR) is 155 cm³/mol. The first-order chi connectivity index (χ1) is 19.0. The van der Waals surface area contributed by atoms with Crippen LogP contribution in [0.25, 0.3) is 11.1 Å². The highest BCUT2D eigenvalue weighted by Gasteiger charge is 2.24. The van der Waals surface area contributed by atoms with E-state index in [1.165, 1.54) is 6.07 Å². The van der Waals surface area contributed by atoms with Gasteiger partial charge in [0.15, 0.2) is 6.61 Å². The molecule has 1 aromatic heterocycles. The molecular formula is C31H33FN4O2S. The average molecular weight is 545 g/mol. The fourth-order valence-corrected chi connectivity index (χ4v) is 5.58. The van der Waals surface area contributed by atoms with Gasteiger partial charge in [-0.05, 0) is 49.4 Å². The van der Waals surface area contributed by atoms with Crippen molar-refractivity contribution in [1.29, 1.82) is 0 Å². The van der Waals surface area contributed by atoms with Crippen LogP contribution in [0.3, 0.4) is 0 Å². The van der Waals surface area contributed by atoms with Crippen molar-refractivity contribution in [2.45, 2.75) is 19.5 Å². The molecule has 1 atom stereocenters. The van der Waals surface area contributed by atoms with Crippen LogP contribution in [0.4, 0.5) is 10.1 Å². The van der Waals surface area contributed by atoms with E-state index in [1.807, 2.05) is 52.9 Å². The third kappa shape index (κ3) is 6.46. The summed E-state index contributed by atoms with van der Waals surface area (Å²) < 4.78 is 20.3. The third-order valence-electron chi connectivity index (χ3n) is 7.23. The normalized spacial score (nSPS) is 14.5. The highest BCUT2D eigenvalue weighted by molar-refractivity contribution is 7.09. The predicted octanol–water partition coefficient (Wildman–Crippen LogP) is 5.87. The van der Waals surface area contributed by atoms with Crippen molar-refractivity contribution in [2.24, 2.45) is 0 Å². The van der Waals surface area contributed by atoms with Crippen molar-refractivity contribution < 1.29 is 13.9 Å². The number of halogens is 1. The number of rotatable bonds is 9. The minimum absolute atomic E-state index is 0.0386. The molecule has 4 aromatic rings. The number of carbonyl (C=O) groups excluding carboxylic acids is 1. The van der Waals surface area contributed by atoms with Gasteiger partial charge in [0.2, 0.25) is 0 Å². The Hall–Kier alpha value is -3.75. The second-order valence-electron chi connectivity index (χ2n) is 9.76. The Morgan fingerprint density at radius 1 is 1.03 bits per heavy atom. The van der Waals surface area contributed by atoms with Crippen molar-refractivity contribution in [3.63, 3.8) is 0 Å². The highest BCUT2D eigenvalue weighted by atomic mass is 32.1. The fourth-order valence-electron chi connectivity index (χ4n) is 4.82. The zero-order valence-corrected chi connectivity index (χ0v) is 23.1. The molecule has 0 saturated carbocycles. The molecule has 0 spiro atoms. The molecule has 0 aliphatic carbocycles. The number of carbonyl (C=O) groups is 1. The summed E-state index contributed by atoms with van der Waals surface area (Å²) in [5.41, 5.74) is 3.83. The van der Waals surface area contributed by atoms with Gasteiger partial charge in [-0.3, -0.25) is 9.69 Å². The monoisotopic (exact) mass is 544 g/mol. The van der Waals surface area contributed by atoms with E-state index in [0.717, 1.165) is 21.7 Å². The van der Waals surface area contributed by atoms with E-state index in [9.17, 15) is 9.18 Å². The van der Waals surface area contributed by atoms with Crippen LogP contribution >= 0.6 is 11.3 Å². The first-order valence-corrected chi connectivity index (χ1v) is 14.1. The molecule has 5 rings (SSSR count). The molecule has 8 heteroatoms. The number of thiazole rings is 1. The van der Waals surface area contributed by atoms with Crippen LogP contribution < -0.4 is 9.64 Å². The molecule has 2 heterocycles. The first kappa shape index (κ1) is 26.8. The summed E-state index contributed by atoms with van der Waals surface area (Å²) >= 11 is 1.65. The first-order valence-electron chi connectivity index (χ1n) is 13.2. The molecule has 3 aromatic carbocycles. The second kappa shape index (κ2) is 12.4. The Morgan fingerprint density at radius 3 is 2.49 bits per heavy atom. The lowest BCUT2D eigenvalue weighted by Gasteiger charge is -2.36. The number of benzene rings is 3. The zero-order chi connectivity index (χ0) is 27.2. The molecule has 1 aliphatic heterocycles. The Morgan fingerprint density at radius 2 is 1.77 bits per heavy atom. The van der Waals surface area contributed by atoms with Crippen LogP contribution in [0.5, 0.6) is 5.75 Å². The number of aromatic nitrogens is 1. The quantitative estimate of drug-likeness (QED) is 0.264. The fraction of sp³-hybridized carbons (Fsp3) is 0.290. The van der Waals surface area contributed by atoms with E-state index in [2.05, 4.69) is 42.1 Å². The maximum absolute atomic E-state index is 14.2. The Balaban J connectivity index is 1.26. The molecule has 1 amide bonds. The highest BCUT2D eigenvalue weighted by Crippen LogP contribution is 2.30. The molecule has 1 saturated heterocycles. The van der Waals surface area contributed by atoms with Gasteiger partial charge in [0.1, 0.15) is 16.6 Å². The average Bonchev–Trinajstić information content (AvgIpc) is 3.52. The standard InChI is InChI=1S/C31H33FN4O2S/c1-23(31-33-14-19-39-31)34(2)21-26-20-25(24-8-4-3-5-9-24)12-13-29(26)38-22-30(37)36-17-15-35(16-18-36)28-11-7-6-10-27(28)32/h3-14,19-20,23H,15-18,21-22H2,1-2H3/t23-/m0/s1. The van der Waals surface area contributed by atoms with E-state index in [-0.39, 0.29) is 24.4 Å². The van der Waals surface area contributed by atoms with Gasteiger partial charge in [0.25, 0.3) is 5.91 Å². The molecule has 0 bridgehead atoms. The summed E-state index contributed by atoms with van der Waals surface area (Å²) in [5.74, 6) is 0.401. The lowest BCUT2D eigenvalue weighted by Crippen LogP contribution is -2.50. The van der Waals surface area contributed by atoms with Crippen LogP contribution in [-0.2, 0) is 11.3 Å². The van der Waals surface area contributed by atoms with Gasteiger partial charge in [-0.15, -0.1) is 11.3 Å². The van der Waals surface area contributed by atoms with Crippen LogP contribution in [0.15, 0.2) is 84.4 Å². The number of nitrogens with zero attached hydrogens (tertiary/aromatic N) is 4. The summed E-state index contributed by atoms with van der Waals surface area (Å²) in [6.45, 7) is 4.99. The number of para-hydroxylation sites is 1. The van der Waals surface area contributed by atoms with Gasteiger partial charge in [-0.1, -0.05) is 48.5 Å². The molecule has 0 unspecified atom stereocenters. The summed E-state index contributed by atoms with van der Waals surface area (Å²) in [7, 11) is 2.07. The van der Waals surface area contributed by atoms with Gasteiger partial charge in [-0.2, -0.15) is 0 Å². The lowest BCUT2D eigenvalue weighted by atomic mass is 10.0. The summed E-state index contributed by atoms with van der Waals surface area (Å²) in [5, 5.41) is 3.05. The number of amides is 1. The van der Waals surface area contributed by atoms with Crippen LogP contribution in [-0.4, -0.2) is 60.5 Å².